The maximum atomic E-state index is 10.6. The number of benzene rings is 1. The molecule has 0 fully saturated rings. The lowest BCUT2D eigenvalue weighted by molar-refractivity contribution is -0.136. The molecule has 0 aliphatic rings. The smallest absolute Gasteiger partial charge is 0.307 e. The molecule has 1 aromatic rings. The molecule has 0 heterocycles. The molecule has 0 spiro atoms. The van der Waals surface area contributed by atoms with Crippen molar-refractivity contribution in [2.45, 2.75) is 45.7 Å². The van der Waals surface area contributed by atoms with Gasteiger partial charge in [-0.2, -0.15) is 0 Å². The van der Waals surface area contributed by atoms with E-state index in [1.54, 1.807) is 0 Å². The molecule has 0 bridgehead atoms. The van der Waals surface area contributed by atoms with Gasteiger partial charge in [-0.25, -0.2) is 0 Å². The van der Waals surface area contributed by atoms with E-state index >= 15 is 0 Å². The summed E-state index contributed by atoms with van der Waals surface area (Å²) in [4.78, 5) is 12.9. The van der Waals surface area contributed by atoms with Crippen LogP contribution in [0.25, 0.3) is 0 Å². The second-order valence-corrected chi connectivity index (χ2v) is 4.94. The van der Waals surface area contributed by atoms with Crippen LogP contribution in [0.2, 0.25) is 0 Å². The van der Waals surface area contributed by atoms with Gasteiger partial charge in [0.1, 0.15) is 0 Å². The molecule has 1 atom stereocenters. The van der Waals surface area contributed by atoms with Crippen molar-refractivity contribution in [3.8, 4) is 0 Å². The van der Waals surface area contributed by atoms with E-state index in [1.165, 1.54) is 18.4 Å². The first kappa shape index (κ1) is 14.7. The van der Waals surface area contributed by atoms with Crippen molar-refractivity contribution in [1.29, 1.82) is 0 Å². The van der Waals surface area contributed by atoms with E-state index in [4.69, 9.17) is 5.11 Å². The fourth-order valence-electron chi connectivity index (χ4n) is 2.02. The highest BCUT2D eigenvalue weighted by Crippen LogP contribution is 2.11. The lowest BCUT2D eigenvalue weighted by Gasteiger charge is -2.24. The molecule has 0 saturated carbocycles. The van der Waals surface area contributed by atoms with Crippen LogP contribution in [0, 0.1) is 0 Å². The Morgan fingerprint density at radius 3 is 2.33 bits per heavy atom. The summed E-state index contributed by atoms with van der Waals surface area (Å²) in [5, 5.41) is 8.71. The van der Waals surface area contributed by atoms with Crippen LogP contribution in [0.4, 0.5) is 0 Å². The maximum Gasteiger partial charge on any atom is 0.307 e. The van der Waals surface area contributed by atoms with Gasteiger partial charge in [-0.05, 0) is 31.5 Å². The first-order valence-corrected chi connectivity index (χ1v) is 6.52. The van der Waals surface area contributed by atoms with Gasteiger partial charge in [0.2, 0.25) is 0 Å². The summed E-state index contributed by atoms with van der Waals surface area (Å²) in [6.07, 6.45) is 2.50. The normalized spacial score (nSPS) is 12.7. The molecule has 1 unspecified atom stereocenters. The second kappa shape index (κ2) is 7.17. The van der Waals surface area contributed by atoms with Gasteiger partial charge >= 0.3 is 5.97 Å². The standard InChI is InChI=1S/C15H23NO2/c1-4-5-12(2)16(3)11-14-8-6-13(7-9-14)10-15(17)18/h6-9,12H,4-5,10-11H2,1-3H3,(H,17,18). The SMILES string of the molecule is CCCC(C)N(C)Cc1ccc(CC(=O)O)cc1. The Kier molecular flexibility index (Phi) is 5.86. The van der Waals surface area contributed by atoms with Gasteiger partial charge in [-0.1, -0.05) is 37.6 Å². The number of carbonyl (C=O) groups is 1. The minimum Gasteiger partial charge on any atom is -0.481 e. The van der Waals surface area contributed by atoms with Crippen LogP contribution in [0.3, 0.4) is 0 Å². The summed E-state index contributed by atoms with van der Waals surface area (Å²) < 4.78 is 0. The van der Waals surface area contributed by atoms with Crippen molar-refractivity contribution in [2.75, 3.05) is 7.05 Å². The lowest BCUT2D eigenvalue weighted by Crippen LogP contribution is -2.28. The molecule has 1 N–H and O–H groups in total. The van der Waals surface area contributed by atoms with Crippen LogP contribution in [0.15, 0.2) is 24.3 Å². The summed E-state index contributed by atoms with van der Waals surface area (Å²) in [5.74, 6) is -0.781. The van der Waals surface area contributed by atoms with Gasteiger partial charge in [-0.15, -0.1) is 0 Å². The van der Waals surface area contributed by atoms with E-state index in [1.807, 2.05) is 24.3 Å². The van der Waals surface area contributed by atoms with E-state index in [2.05, 4.69) is 25.8 Å². The van der Waals surface area contributed by atoms with Crippen molar-refractivity contribution in [1.82, 2.24) is 4.90 Å². The molecule has 0 aromatic heterocycles. The van der Waals surface area contributed by atoms with E-state index in [9.17, 15) is 4.79 Å². The third kappa shape index (κ3) is 4.88. The van der Waals surface area contributed by atoms with Crippen LogP contribution in [0.1, 0.15) is 37.8 Å². The molecule has 0 amide bonds. The first-order chi connectivity index (χ1) is 8.52. The molecule has 0 radical (unpaired) electrons. The van der Waals surface area contributed by atoms with E-state index in [0.29, 0.717) is 6.04 Å². The highest BCUT2D eigenvalue weighted by molar-refractivity contribution is 5.70. The lowest BCUT2D eigenvalue weighted by atomic mass is 10.1. The highest BCUT2D eigenvalue weighted by atomic mass is 16.4. The summed E-state index contributed by atoms with van der Waals surface area (Å²) in [6, 6.07) is 8.43. The quantitative estimate of drug-likeness (QED) is 0.807. The Hall–Kier alpha value is -1.35. The number of hydrogen-bond donors (Lipinski definition) is 1. The summed E-state index contributed by atoms with van der Waals surface area (Å²) >= 11 is 0. The zero-order valence-electron chi connectivity index (χ0n) is 11.5. The van der Waals surface area contributed by atoms with Crippen molar-refractivity contribution < 1.29 is 9.90 Å². The minimum atomic E-state index is -0.781. The molecule has 3 heteroatoms. The Morgan fingerprint density at radius 1 is 1.28 bits per heavy atom. The molecule has 100 valence electrons. The molecule has 0 aliphatic carbocycles. The van der Waals surface area contributed by atoms with Gasteiger partial charge in [0.25, 0.3) is 0 Å². The topological polar surface area (TPSA) is 40.5 Å². The number of aliphatic carboxylic acids is 1. The number of nitrogens with zero attached hydrogens (tertiary/aromatic N) is 1. The highest BCUT2D eigenvalue weighted by Gasteiger charge is 2.08. The fraction of sp³-hybridized carbons (Fsp3) is 0.533. The van der Waals surface area contributed by atoms with Crippen LogP contribution in [0.5, 0.6) is 0 Å². The summed E-state index contributed by atoms with van der Waals surface area (Å²) in [5.41, 5.74) is 2.09. The average molecular weight is 249 g/mol. The average Bonchev–Trinajstić information content (AvgIpc) is 2.31. The van der Waals surface area contributed by atoms with Gasteiger partial charge in [0, 0.05) is 12.6 Å². The molecule has 1 aromatic carbocycles. The van der Waals surface area contributed by atoms with Crippen molar-refractivity contribution in [3.05, 3.63) is 35.4 Å². The number of rotatable bonds is 7. The van der Waals surface area contributed by atoms with Crippen molar-refractivity contribution in [3.63, 3.8) is 0 Å². The second-order valence-electron chi connectivity index (χ2n) is 4.94. The van der Waals surface area contributed by atoms with Gasteiger partial charge in [0.15, 0.2) is 0 Å². The largest absolute Gasteiger partial charge is 0.481 e. The van der Waals surface area contributed by atoms with Crippen molar-refractivity contribution in [2.24, 2.45) is 0 Å². The molecule has 18 heavy (non-hydrogen) atoms. The van der Waals surface area contributed by atoms with Crippen LogP contribution in [-0.2, 0) is 17.8 Å². The zero-order valence-corrected chi connectivity index (χ0v) is 11.5. The molecular formula is C15H23NO2. The zero-order chi connectivity index (χ0) is 13.5. The van der Waals surface area contributed by atoms with Crippen LogP contribution in [-0.4, -0.2) is 29.1 Å². The minimum absolute atomic E-state index is 0.0996. The molecule has 0 saturated heterocycles. The monoisotopic (exact) mass is 249 g/mol. The molecule has 0 aliphatic heterocycles. The first-order valence-electron chi connectivity index (χ1n) is 6.52. The Bertz CT molecular complexity index is 373. The fourth-order valence-corrected chi connectivity index (χ4v) is 2.02. The Balaban J connectivity index is 2.55. The number of carboxylic acid groups (broad SMARTS) is 1. The predicted octanol–water partition coefficient (Wildman–Crippen LogP) is 2.93. The molecular weight excluding hydrogens is 226 g/mol. The maximum absolute atomic E-state index is 10.6. The Morgan fingerprint density at radius 2 is 1.83 bits per heavy atom. The summed E-state index contributed by atoms with van der Waals surface area (Å²) in [6.45, 7) is 5.35. The third-order valence-corrected chi connectivity index (χ3v) is 3.27. The van der Waals surface area contributed by atoms with Gasteiger partial charge in [0.05, 0.1) is 6.42 Å². The van der Waals surface area contributed by atoms with Crippen LogP contribution < -0.4 is 0 Å². The predicted molar refractivity (Wildman–Crippen MR) is 73.6 cm³/mol. The molecule has 3 nitrogen and oxygen atoms in total. The van der Waals surface area contributed by atoms with Gasteiger partial charge < -0.3 is 5.11 Å². The van der Waals surface area contributed by atoms with E-state index in [0.717, 1.165) is 12.1 Å². The van der Waals surface area contributed by atoms with E-state index < -0.39 is 5.97 Å². The van der Waals surface area contributed by atoms with Crippen molar-refractivity contribution >= 4 is 5.97 Å². The van der Waals surface area contributed by atoms with Gasteiger partial charge in [-0.3, -0.25) is 9.69 Å². The number of carboxylic acids is 1. The number of hydrogen-bond acceptors (Lipinski definition) is 2. The van der Waals surface area contributed by atoms with E-state index in [-0.39, 0.29) is 6.42 Å². The molecule has 1 rings (SSSR count). The Labute approximate surface area is 109 Å². The third-order valence-electron chi connectivity index (χ3n) is 3.27. The summed E-state index contributed by atoms with van der Waals surface area (Å²) in [7, 11) is 2.13. The van der Waals surface area contributed by atoms with Crippen LogP contribution >= 0.6 is 0 Å².